The normalized spacial score (nSPS) is 14.4. The van der Waals surface area contributed by atoms with Crippen molar-refractivity contribution in [3.05, 3.63) is 65.7 Å². The quantitative estimate of drug-likeness (QED) is 0.682. The summed E-state index contributed by atoms with van der Waals surface area (Å²) < 4.78 is 40.3. The van der Waals surface area contributed by atoms with Crippen molar-refractivity contribution in [2.75, 3.05) is 5.32 Å². The van der Waals surface area contributed by atoms with Crippen LogP contribution in [0.15, 0.2) is 54.6 Å². The summed E-state index contributed by atoms with van der Waals surface area (Å²) in [4.78, 5) is 12.4. The number of benzene rings is 2. The third kappa shape index (κ3) is 6.68. The van der Waals surface area contributed by atoms with Crippen LogP contribution in [0.2, 0.25) is 0 Å². The molecule has 0 spiro atoms. The topological polar surface area (TPSA) is 41.1 Å². The highest BCUT2D eigenvalue weighted by Gasteiger charge is 2.42. The Morgan fingerprint density at radius 3 is 2.04 bits per heavy atom. The zero-order valence-electron chi connectivity index (χ0n) is 16.6. The third-order valence-electron chi connectivity index (χ3n) is 4.25. The summed E-state index contributed by atoms with van der Waals surface area (Å²) in [6, 6.07) is 13.7. The van der Waals surface area contributed by atoms with Gasteiger partial charge in [-0.15, -0.1) is 0 Å². The monoisotopic (exact) mass is 392 g/mol. The summed E-state index contributed by atoms with van der Waals surface area (Å²) in [6.07, 6.45) is -3.82. The van der Waals surface area contributed by atoms with Gasteiger partial charge in [0.05, 0.1) is 0 Å². The van der Waals surface area contributed by atoms with E-state index < -0.39 is 17.8 Å². The van der Waals surface area contributed by atoms with Gasteiger partial charge in [0.15, 0.2) is 0 Å². The Kier molecular flexibility index (Phi) is 6.88. The van der Waals surface area contributed by atoms with Crippen molar-refractivity contribution in [1.82, 2.24) is 5.32 Å². The molecule has 28 heavy (non-hydrogen) atoms. The van der Waals surface area contributed by atoms with Gasteiger partial charge in [0.1, 0.15) is 6.04 Å². The van der Waals surface area contributed by atoms with E-state index in [9.17, 15) is 18.0 Å². The van der Waals surface area contributed by atoms with Gasteiger partial charge in [-0.05, 0) is 50.5 Å². The maximum absolute atomic E-state index is 13.4. The highest BCUT2D eigenvalue weighted by atomic mass is 19.4. The fraction of sp³-hybridized carbons (Fsp3) is 0.409. The molecule has 0 bridgehead atoms. The van der Waals surface area contributed by atoms with E-state index in [2.05, 4.69) is 10.6 Å². The maximum atomic E-state index is 13.4. The van der Waals surface area contributed by atoms with Gasteiger partial charge in [-0.25, -0.2) is 0 Å². The molecule has 3 nitrogen and oxygen atoms in total. The smallest absolute Gasteiger partial charge is 0.326 e. The van der Waals surface area contributed by atoms with Crippen molar-refractivity contribution in [3.63, 3.8) is 0 Å². The minimum absolute atomic E-state index is 0.109. The number of hydrogen-bond donors (Lipinski definition) is 2. The molecule has 2 aromatic rings. The number of rotatable bonds is 6. The average Bonchev–Trinajstić information content (AvgIpc) is 2.60. The summed E-state index contributed by atoms with van der Waals surface area (Å²) in [5.41, 5.74) is 0.949. The van der Waals surface area contributed by atoms with Gasteiger partial charge in [-0.2, -0.15) is 13.2 Å². The molecular weight excluding hydrogens is 365 g/mol. The summed E-state index contributed by atoms with van der Waals surface area (Å²) in [5.74, 6) is -0.427. The van der Waals surface area contributed by atoms with E-state index in [1.807, 2.05) is 37.3 Å². The van der Waals surface area contributed by atoms with Crippen LogP contribution >= 0.6 is 0 Å². The first kappa shape index (κ1) is 22.0. The lowest BCUT2D eigenvalue weighted by atomic mass is 9.99. The van der Waals surface area contributed by atoms with Crippen LogP contribution < -0.4 is 10.6 Å². The van der Waals surface area contributed by atoms with E-state index in [1.165, 1.54) is 24.3 Å². The molecular formula is C22H27F3N2O. The fourth-order valence-corrected chi connectivity index (χ4v) is 2.87. The maximum Gasteiger partial charge on any atom is 0.407 e. The van der Waals surface area contributed by atoms with Gasteiger partial charge in [-0.3, -0.25) is 10.1 Å². The first-order valence-corrected chi connectivity index (χ1v) is 9.25. The lowest BCUT2D eigenvalue weighted by Gasteiger charge is -2.30. The van der Waals surface area contributed by atoms with Crippen molar-refractivity contribution < 1.29 is 18.0 Å². The van der Waals surface area contributed by atoms with Crippen molar-refractivity contribution in [3.8, 4) is 0 Å². The van der Waals surface area contributed by atoms with Crippen LogP contribution in [0.3, 0.4) is 0 Å². The third-order valence-corrected chi connectivity index (χ3v) is 4.25. The van der Waals surface area contributed by atoms with E-state index in [-0.39, 0.29) is 17.4 Å². The molecule has 0 radical (unpaired) electrons. The van der Waals surface area contributed by atoms with Gasteiger partial charge >= 0.3 is 6.18 Å². The van der Waals surface area contributed by atoms with E-state index in [0.717, 1.165) is 5.56 Å². The Hall–Kier alpha value is -2.34. The minimum Gasteiger partial charge on any atom is -0.326 e. The minimum atomic E-state index is -4.41. The number of carbonyl (C=O) groups excluding carboxylic acids is 1. The number of anilines is 1. The van der Waals surface area contributed by atoms with Crippen LogP contribution in [0.25, 0.3) is 0 Å². The van der Waals surface area contributed by atoms with Crippen LogP contribution in [0.4, 0.5) is 18.9 Å². The standard InChI is InChI=1S/C22H27F3N2O/c1-15(14-16-8-6-5-7-9-16)20(28)26-18-12-10-17(11-13-18)19(22(23,24)25)27-21(2,3)4/h5-13,15,19,27H,14H2,1-4H3,(H,26,28)/t15-,19?/m0/s1. The van der Waals surface area contributed by atoms with E-state index in [0.29, 0.717) is 12.1 Å². The van der Waals surface area contributed by atoms with E-state index in [4.69, 9.17) is 0 Å². The molecule has 0 aliphatic carbocycles. The number of nitrogens with one attached hydrogen (secondary N) is 2. The lowest BCUT2D eigenvalue weighted by Crippen LogP contribution is -2.45. The molecule has 2 aromatic carbocycles. The summed E-state index contributed by atoms with van der Waals surface area (Å²) in [7, 11) is 0. The molecule has 1 unspecified atom stereocenters. The summed E-state index contributed by atoms with van der Waals surface area (Å²) >= 11 is 0. The molecule has 0 heterocycles. The molecule has 0 aromatic heterocycles. The molecule has 0 saturated carbocycles. The van der Waals surface area contributed by atoms with Crippen molar-refractivity contribution >= 4 is 11.6 Å². The number of amides is 1. The SMILES string of the molecule is C[C@@H](Cc1ccccc1)C(=O)Nc1ccc(C(NC(C)(C)C)C(F)(F)F)cc1. The van der Waals surface area contributed by atoms with Gasteiger partial charge in [0, 0.05) is 17.1 Å². The number of hydrogen-bond acceptors (Lipinski definition) is 2. The van der Waals surface area contributed by atoms with Crippen LogP contribution in [0.1, 0.15) is 44.9 Å². The van der Waals surface area contributed by atoms with Gasteiger partial charge in [-0.1, -0.05) is 49.4 Å². The average molecular weight is 392 g/mol. The highest BCUT2D eigenvalue weighted by Crippen LogP contribution is 2.34. The van der Waals surface area contributed by atoms with Crippen LogP contribution in [0.5, 0.6) is 0 Å². The van der Waals surface area contributed by atoms with Crippen molar-refractivity contribution in [2.24, 2.45) is 5.92 Å². The van der Waals surface area contributed by atoms with Crippen molar-refractivity contribution in [1.29, 1.82) is 0 Å². The van der Waals surface area contributed by atoms with Gasteiger partial charge in [0.2, 0.25) is 5.91 Å². The van der Waals surface area contributed by atoms with Crippen molar-refractivity contribution in [2.45, 2.75) is 51.9 Å². The molecule has 0 fully saturated rings. The van der Waals surface area contributed by atoms with Crippen LogP contribution in [-0.4, -0.2) is 17.6 Å². The second kappa shape index (κ2) is 8.78. The fourth-order valence-electron chi connectivity index (χ4n) is 2.87. The van der Waals surface area contributed by atoms with Crippen LogP contribution in [0, 0.1) is 5.92 Å². The van der Waals surface area contributed by atoms with E-state index in [1.54, 1.807) is 20.8 Å². The number of halogens is 3. The predicted octanol–water partition coefficient (Wildman–Crippen LogP) is 5.50. The molecule has 2 N–H and O–H groups in total. The van der Waals surface area contributed by atoms with Crippen LogP contribution in [-0.2, 0) is 11.2 Å². The van der Waals surface area contributed by atoms with Gasteiger partial charge in [0.25, 0.3) is 0 Å². The molecule has 2 rings (SSSR count). The zero-order chi connectivity index (χ0) is 20.9. The van der Waals surface area contributed by atoms with Gasteiger partial charge < -0.3 is 5.32 Å². The molecule has 0 aliphatic rings. The highest BCUT2D eigenvalue weighted by molar-refractivity contribution is 5.92. The Bertz CT molecular complexity index is 765. The molecule has 152 valence electrons. The molecule has 1 amide bonds. The molecule has 0 saturated heterocycles. The largest absolute Gasteiger partial charge is 0.407 e. The first-order valence-electron chi connectivity index (χ1n) is 9.25. The molecule has 6 heteroatoms. The molecule has 2 atom stereocenters. The second-order valence-electron chi connectivity index (χ2n) is 8.07. The lowest BCUT2D eigenvalue weighted by molar-refractivity contribution is -0.161. The van der Waals surface area contributed by atoms with E-state index >= 15 is 0 Å². The second-order valence-corrected chi connectivity index (χ2v) is 8.07. The first-order chi connectivity index (χ1) is 13.0. The summed E-state index contributed by atoms with van der Waals surface area (Å²) in [5, 5.41) is 5.38. The Morgan fingerprint density at radius 2 is 1.54 bits per heavy atom. The predicted molar refractivity (Wildman–Crippen MR) is 106 cm³/mol. The number of alkyl halides is 3. The Labute approximate surface area is 164 Å². The number of carbonyl (C=O) groups is 1. The summed E-state index contributed by atoms with van der Waals surface area (Å²) in [6.45, 7) is 6.89. The Morgan fingerprint density at radius 1 is 0.964 bits per heavy atom. The molecule has 0 aliphatic heterocycles. The Balaban J connectivity index is 2.05. The zero-order valence-corrected chi connectivity index (χ0v) is 16.6.